The maximum absolute atomic E-state index is 5.30. The van der Waals surface area contributed by atoms with Gasteiger partial charge in [0, 0.05) is 25.7 Å². The molecule has 1 atom stereocenters. The molecule has 0 spiro atoms. The molecule has 4 heteroatoms. The van der Waals surface area contributed by atoms with Gasteiger partial charge in [-0.15, -0.1) is 0 Å². The first-order valence-electron chi connectivity index (χ1n) is 4.13. The van der Waals surface area contributed by atoms with Crippen LogP contribution in [0.15, 0.2) is 12.4 Å². The van der Waals surface area contributed by atoms with Crippen LogP contribution in [-0.2, 0) is 11.8 Å². The molecular weight excluding hydrogens is 154 g/mol. The summed E-state index contributed by atoms with van der Waals surface area (Å²) in [5, 5.41) is 7.31. The lowest BCUT2D eigenvalue weighted by Gasteiger charge is -2.21. The Hall–Kier alpha value is -0.870. The van der Waals surface area contributed by atoms with Gasteiger partial charge in [-0.1, -0.05) is 0 Å². The normalized spacial score (nSPS) is 24.2. The highest BCUT2D eigenvalue weighted by molar-refractivity contribution is 5.12. The van der Waals surface area contributed by atoms with Crippen LogP contribution in [-0.4, -0.2) is 29.7 Å². The number of aromatic nitrogens is 2. The largest absolute Gasteiger partial charge is 0.366 e. The minimum absolute atomic E-state index is 0.465. The van der Waals surface area contributed by atoms with Gasteiger partial charge in [0.25, 0.3) is 0 Å². The molecule has 1 fully saturated rings. The van der Waals surface area contributed by atoms with E-state index in [1.807, 2.05) is 24.1 Å². The number of rotatable bonds is 1. The molecule has 1 aromatic rings. The Morgan fingerprint density at radius 2 is 2.67 bits per heavy atom. The number of ether oxygens (including phenoxy) is 1. The third-order valence-corrected chi connectivity index (χ3v) is 2.11. The summed E-state index contributed by atoms with van der Waals surface area (Å²) >= 11 is 0. The van der Waals surface area contributed by atoms with Crippen LogP contribution in [0.3, 0.4) is 0 Å². The van der Waals surface area contributed by atoms with Gasteiger partial charge in [-0.3, -0.25) is 10.00 Å². The molecule has 12 heavy (non-hydrogen) atoms. The van der Waals surface area contributed by atoms with Crippen molar-refractivity contribution >= 4 is 0 Å². The van der Waals surface area contributed by atoms with Crippen molar-refractivity contribution in [2.45, 2.75) is 5.92 Å². The van der Waals surface area contributed by atoms with Crippen molar-refractivity contribution in [2.75, 3.05) is 19.9 Å². The second kappa shape index (κ2) is 3.25. The van der Waals surface area contributed by atoms with E-state index >= 15 is 0 Å². The quantitative estimate of drug-likeness (QED) is 0.644. The fourth-order valence-electron chi connectivity index (χ4n) is 1.43. The number of nitrogens with zero attached hydrogens (tertiary/aromatic N) is 2. The maximum Gasteiger partial charge on any atom is 0.0965 e. The minimum Gasteiger partial charge on any atom is -0.366 e. The van der Waals surface area contributed by atoms with Crippen molar-refractivity contribution < 1.29 is 4.74 Å². The van der Waals surface area contributed by atoms with E-state index in [9.17, 15) is 0 Å². The number of aryl methyl sites for hydroxylation is 1. The second-order valence-corrected chi connectivity index (χ2v) is 3.11. The lowest BCUT2D eigenvalue weighted by molar-refractivity contribution is 0.0696. The molecule has 0 amide bonds. The summed E-state index contributed by atoms with van der Waals surface area (Å²) in [7, 11) is 1.93. The van der Waals surface area contributed by atoms with Crippen LogP contribution in [0.1, 0.15) is 11.5 Å². The highest BCUT2D eigenvalue weighted by atomic mass is 16.5. The molecule has 0 saturated carbocycles. The van der Waals surface area contributed by atoms with E-state index in [1.54, 1.807) is 0 Å². The van der Waals surface area contributed by atoms with E-state index in [2.05, 4.69) is 10.4 Å². The number of hydrogen-bond donors (Lipinski definition) is 1. The summed E-state index contributed by atoms with van der Waals surface area (Å²) in [5.74, 6) is 0.465. The van der Waals surface area contributed by atoms with Gasteiger partial charge in [0.2, 0.25) is 0 Å². The fraction of sp³-hybridized carbons (Fsp3) is 0.625. The Morgan fingerprint density at radius 3 is 3.25 bits per heavy atom. The van der Waals surface area contributed by atoms with Gasteiger partial charge in [0.15, 0.2) is 0 Å². The lowest BCUT2D eigenvalue weighted by atomic mass is 10.0. The SMILES string of the molecule is Cn1cc([C@H]2CNCOC2)cn1. The molecule has 66 valence electrons. The molecule has 2 rings (SSSR count). The van der Waals surface area contributed by atoms with Gasteiger partial charge in [-0.05, 0) is 5.56 Å². The highest BCUT2D eigenvalue weighted by Gasteiger charge is 2.16. The maximum atomic E-state index is 5.30. The number of nitrogens with one attached hydrogen (secondary N) is 1. The molecule has 0 aromatic carbocycles. The third-order valence-electron chi connectivity index (χ3n) is 2.11. The summed E-state index contributed by atoms with van der Waals surface area (Å²) in [5.41, 5.74) is 1.25. The van der Waals surface area contributed by atoms with E-state index < -0.39 is 0 Å². The van der Waals surface area contributed by atoms with Gasteiger partial charge < -0.3 is 4.74 Å². The van der Waals surface area contributed by atoms with Crippen molar-refractivity contribution in [1.29, 1.82) is 0 Å². The summed E-state index contributed by atoms with van der Waals surface area (Å²) in [6.07, 6.45) is 3.95. The Kier molecular flexibility index (Phi) is 2.10. The topological polar surface area (TPSA) is 39.1 Å². The van der Waals surface area contributed by atoms with Gasteiger partial charge in [0.05, 0.1) is 19.5 Å². The summed E-state index contributed by atoms with van der Waals surface area (Å²) in [6, 6.07) is 0. The first-order chi connectivity index (χ1) is 5.86. The third kappa shape index (κ3) is 1.49. The second-order valence-electron chi connectivity index (χ2n) is 3.11. The van der Waals surface area contributed by atoms with Crippen LogP contribution in [0.5, 0.6) is 0 Å². The highest BCUT2D eigenvalue weighted by Crippen LogP contribution is 2.15. The van der Waals surface area contributed by atoms with Gasteiger partial charge in [-0.2, -0.15) is 5.10 Å². The van der Waals surface area contributed by atoms with E-state index in [1.165, 1.54) is 5.56 Å². The molecule has 0 unspecified atom stereocenters. The molecular formula is C8H13N3O. The van der Waals surface area contributed by atoms with Crippen molar-refractivity contribution in [3.05, 3.63) is 18.0 Å². The summed E-state index contributed by atoms with van der Waals surface area (Å²) in [6.45, 7) is 2.47. The smallest absolute Gasteiger partial charge is 0.0965 e. The Balaban J connectivity index is 2.08. The van der Waals surface area contributed by atoms with Gasteiger partial charge in [0.1, 0.15) is 0 Å². The van der Waals surface area contributed by atoms with Crippen LogP contribution in [0.4, 0.5) is 0 Å². The molecule has 0 radical (unpaired) electrons. The molecule has 1 N–H and O–H groups in total. The van der Waals surface area contributed by atoms with Crippen molar-refractivity contribution in [1.82, 2.24) is 15.1 Å². The fourth-order valence-corrected chi connectivity index (χ4v) is 1.43. The summed E-state index contributed by atoms with van der Waals surface area (Å²) < 4.78 is 7.12. The zero-order chi connectivity index (χ0) is 8.39. The van der Waals surface area contributed by atoms with Crippen LogP contribution < -0.4 is 5.32 Å². The van der Waals surface area contributed by atoms with E-state index in [0.717, 1.165) is 13.2 Å². The summed E-state index contributed by atoms with van der Waals surface area (Å²) in [4.78, 5) is 0. The monoisotopic (exact) mass is 167 g/mol. The van der Waals surface area contributed by atoms with E-state index in [0.29, 0.717) is 12.6 Å². The zero-order valence-corrected chi connectivity index (χ0v) is 7.16. The molecule has 1 aromatic heterocycles. The molecule has 1 saturated heterocycles. The Morgan fingerprint density at radius 1 is 1.75 bits per heavy atom. The first-order valence-corrected chi connectivity index (χ1v) is 4.13. The Labute approximate surface area is 71.5 Å². The van der Waals surface area contributed by atoms with E-state index in [4.69, 9.17) is 4.74 Å². The predicted octanol–water partition coefficient (Wildman–Crippen LogP) is 0.0810. The van der Waals surface area contributed by atoms with Crippen molar-refractivity contribution in [3.63, 3.8) is 0 Å². The van der Waals surface area contributed by atoms with Crippen LogP contribution in [0.25, 0.3) is 0 Å². The van der Waals surface area contributed by atoms with Crippen molar-refractivity contribution in [2.24, 2.45) is 7.05 Å². The van der Waals surface area contributed by atoms with Gasteiger partial charge >= 0.3 is 0 Å². The molecule has 1 aliphatic rings. The zero-order valence-electron chi connectivity index (χ0n) is 7.16. The molecule has 0 aliphatic carbocycles. The first kappa shape index (κ1) is 7.76. The molecule has 0 bridgehead atoms. The van der Waals surface area contributed by atoms with Crippen LogP contribution >= 0.6 is 0 Å². The average Bonchev–Trinajstić information content (AvgIpc) is 2.54. The van der Waals surface area contributed by atoms with E-state index in [-0.39, 0.29) is 0 Å². The van der Waals surface area contributed by atoms with Crippen LogP contribution in [0, 0.1) is 0 Å². The van der Waals surface area contributed by atoms with Crippen LogP contribution in [0.2, 0.25) is 0 Å². The van der Waals surface area contributed by atoms with Gasteiger partial charge in [-0.25, -0.2) is 0 Å². The molecule has 2 heterocycles. The molecule has 1 aliphatic heterocycles. The minimum atomic E-state index is 0.465. The standard InChI is InChI=1S/C8H13N3O/c1-11-4-7(3-10-11)8-2-9-6-12-5-8/h3-4,8-9H,2,5-6H2,1H3/t8-/m0/s1. The molecule has 4 nitrogen and oxygen atoms in total. The predicted molar refractivity (Wildman–Crippen MR) is 44.8 cm³/mol. The number of hydrogen-bond acceptors (Lipinski definition) is 3. The lowest BCUT2D eigenvalue weighted by Crippen LogP contribution is -2.33. The average molecular weight is 167 g/mol. The Bertz CT molecular complexity index is 253. The van der Waals surface area contributed by atoms with Crippen molar-refractivity contribution in [3.8, 4) is 0 Å².